The van der Waals surface area contributed by atoms with E-state index in [1.165, 1.54) is 11.2 Å². The van der Waals surface area contributed by atoms with Crippen LogP contribution in [0.15, 0.2) is 77.4 Å². The number of rotatable bonds is 5. The summed E-state index contributed by atoms with van der Waals surface area (Å²) in [5.41, 5.74) is 1.32. The molecule has 134 valence electrons. The van der Waals surface area contributed by atoms with E-state index in [9.17, 15) is 14.4 Å². The number of carbonyl (C=O) groups excluding carboxylic acids is 3. The zero-order valence-electron chi connectivity index (χ0n) is 14.4. The van der Waals surface area contributed by atoms with Crippen LogP contribution in [0.3, 0.4) is 0 Å². The zero-order chi connectivity index (χ0) is 18.8. The highest BCUT2D eigenvalue weighted by molar-refractivity contribution is 6.22. The van der Waals surface area contributed by atoms with Crippen molar-refractivity contribution in [3.05, 3.63) is 89.9 Å². The lowest BCUT2D eigenvalue weighted by Gasteiger charge is -2.24. The Morgan fingerprint density at radius 2 is 1.48 bits per heavy atom. The maximum atomic E-state index is 13.0. The zero-order valence-corrected chi connectivity index (χ0v) is 14.4. The third-order valence-electron chi connectivity index (χ3n) is 4.43. The number of para-hydroxylation sites is 1. The highest BCUT2D eigenvalue weighted by atomic mass is 16.3. The van der Waals surface area contributed by atoms with Crippen LogP contribution < -0.4 is 4.90 Å². The first-order valence-electron chi connectivity index (χ1n) is 8.48. The fourth-order valence-electron chi connectivity index (χ4n) is 3.09. The minimum absolute atomic E-state index is 0.207. The van der Waals surface area contributed by atoms with E-state index >= 15 is 0 Å². The molecule has 2 heterocycles. The Morgan fingerprint density at radius 3 is 2.07 bits per heavy atom. The molecule has 4 rings (SSSR count). The van der Waals surface area contributed by atoms with Crippen LogP contribution >= 0.6 is 0 Å². The standard InChI is InChI=1S/C21H16N2O4/c24-19(14-23-20(25)17-10-4-5-11-18(17)21(23)26)22(13-16-9-6-12-27-16)15-7-2-1-3-8-15/h1-12H,13-14H2. The van der Waals surface area contributed by atoms with Gasteiger partial charge in [-0.2, -0.15) is 0 Å². The molecule has 3 amide bonds. The molecule has 2 aromatic carbocycles. The minimum atomic E-state index is -0.449. The van der Waals surface area contributed by atoms with Gasteiger partial charge in [-0.3, -0.25) is 19.3 Å². The topological polar surface area (TPSA) is 70.8 Å². The number of anilines is 1. The summed E-state index contributed by atoms with van der Waals surface area (Å²) >= 11 is 0. The lowest BCUT2D eigenvalue weighted by molar-refractivity contribution is -0.119. The number of amides is 3. The molecule has 27 heavy (non-hydrogen) atoms. The second-order valence-corrected chi connectivity index (χ2v) is 6.14. The summed E-state index contributed by atoms with van der Waals surface area (Å²) in [5, 5.41) is 0. The summed E-state index contributed by atoms with van der Waals surface area (Å²) in [6.07, 6.45) is 1.53. The van der Waals surface area contributed by atoms with E-state index < -0.39 is 11.8 Å². The van der Waals surface area contributed by atoms with Crippen molar-refractivity contribution in [3.63, 3.8) is 0 Å². The van der Waals surface area contributed by atoms with Crippen molar-refractivity contribution in [1.82, 2.24) is 4.90 Å². The maximum absolute atomic E-state index is 13.0. The van der Waals surface area contributed by atoms with Crippen LogP contribution in [0.25, 0.3) is 0 Å². The van der Waals surface area contributed by atoms with Gasteiger partial charge in [0.05, 0.1) is 23.9 Å². The van der Waals surface area contributed by atoms with Gasteiger partial charge in [0.15, 0.2) is 0 Å². The number of benzene rings is 2. The molecule has 3 aromatic rings. The van der Waals surface area contributed by atoms with E-state index in [-0.39, 0.29) is 19.0 Å². The molecule has 0 spiro atoms. The van der Waals surface area contributed by atoms with E-state index in [0.717, 1.165) is 4.90 Å². The molecule has 0 saturated carbocycles. The summed E-state index contributed by atoms with van der Waals surface area (Å²) in [7, 11) is 0. The molecule has 0 atom stereocenters. The fourth-order valence-corrected chi connectivity index (χ4v) is 3.09. The van der Waals surface area contributed by atoms with Gasteiger partial charge in [0, 0.05) is 5.69 Å². The largest absolute Gasteiger partial charge is 0.467 e. The molecule has 0 bridgehead atoms. The number of imide groups is 1. The minimum Gasteiger partial charge on any atom is -0.467 e. The Bertz CT molecular complexity index is 961. The fraction of sp³-hybridized carbons (Fsp3) is 0.0952. The summed E-state index contributed by atoms with van der Waals surface area (Å²) in [4.78, 5) is 40.6. The number of furan rings is 1. The molecule has 0 fully saturated rings. The van der Waals surface area contributed by atoms with Crippen LogP contribution in [0.1, 0.15) is 26.5 Å². The molecule has 1 aromatic heterocycles. The SMILES string of the molecule is O=C1c2ccccc2C(=O)N1CC(=O)N(Cc1ccco1)c1ccccc1. The molecule has 1 aliphatic heterocycles. The summed E-state index contributed by atoms with van der Waals surface area (Å²) in [5.74, 6) is -0.661. The van der Waals surface area contributed by atoms with E-state index in [1.807, 2.05) is 18.2 Å². The second kappa shape index (κ2) is 6.92. The number of carbonyl (C=O) groups is 3. The van der Waals surface area contributed by atoms with Crippen LogP contribution in [0.2, 0.25) is 0 Å². The Hall–Kier alpha value is -3.67. The van der Waals surface area contributed by atoms with E-state index in [0.29, 0.717) is 22.6 Å². The molecule has 0 radical (unpaired) electrons. The van der Waals surface area contributed by atoms with Gasteiger partial charge in [-0.05, 0) is 36.4 Å². The van der Waals surface area contributed by atoms with Crippen LogP contribution in [0.5, 0.6) is 0 Å². The predicted octanol–water partition coefficient (Wildman–Crippen LogP) is 3.11. The highest BCUT2D eigenvalue weighted by Gasteiger charge is 2.37. The Labute approximate surface area is 155 Å². The number of fused-ring (bicyclic) bond motifs is 1. The Kier molecular flexibility index (Phi) is 4.30. The third-order valence-corrected chi connectivity index (χ3v) is 4.43. The summed E-state index contributed by atoms with van der Waals surface area (Å²) in [6, 6.07) is 19.2. The van der Waals surface area contributed by atoms with Crippen LogP contribution in [0.4, 0.5) is 5.69 Å². The van der Waals surface area contributed by atoms with Crippen molar-refractivity contribution in [2.75, 3.05) is 11.4 Å². The van der Waals surface area contributed by atoms with Crippen LogP contribution in [-0.2, 0) is 11.3 Å². The number of hydrogen-bond acceptors (Lipinski definition) is 4. The molecular weight excluding hydrogens is 344 g/mol. The quantitative estimate of drug-likeness (QED) is 0.656. The van der Waals surface area contributed by atoms with Crippen molar-refractivity contribution < 1.29 is 18.8 Å². The van der Waals surface area contributed by atoms with Crippen molar-refractivity contribution in [1.29, 1.82) is 0 Å². The summed E-state index contributed by atoms with van der Waals surface area (Å²) < 4.78 is 5.36. The van der Waals surface area contributed by atoms with Gasteiger partial charge in [-0.25, -0.2) is 0 Å². The van der Waals surface area contributed by atoms with Crippen molar-refractivity contribution in [3.8, 4) is 0 Å². The Balaban J connectivity index is 1.59. The van der Waals surface area contributed by atoms with E-state index in [2.05, 4.69) is 0 Å². The molecule has 1 aliphatic rings. The Morgan fingerprint density at radius 1 is 0.852 bits per heavy atom. The molecule has 0 N–H and O–H groups in total. The third kappa shape index (κ3) is 3.13. The molecule has 6 nitrogen and oxygen atoms in total. The predicted molar refractivity (Wildman–Crippen MR) is 98.1 cm³/mol. The second-order valence-electron chi connectivity index (χ2n) is 6.14. The first kappa shape index (κ1) is 16.8. The lowest BCUT2D eigenvalue weighted by atomic mass is 10.1. The van der Waals surface area contributed by atoms with Crippen LogP contribution in [-0.4, -0.2) is 29.2 Å². The maximum Gasteiger partial charge on any atom is 0.262 e. The van der Waals surface area contributed by atoms with Gasteiger partial charge < -0.3 is 9.32 Å². The van der Waals surface area contributed by atoms with Gasteiger partial charge in [0.2, 0.25) is 5.91 Å². The first-order chi connectivity index (χ1) is 13.1. The van der Waals surface area contributed by atoms with Gasteiger partial charge >= 0.3 is 0 Å². The molecular formula is C21H16N2O4. The van der Waals surface area contributed by atoms with Gasteiger partial charge in [0.25, 0.3) is 11.8 Å². The monoisotopic (exact) mass is 360 g/mol. The molecule has 0 unspecified atom stereocenters. The average Bonchev–Trinajstić information content (AvgIpc) is 3.30. The van der Waals surface area contributed by atoms with E-state index in [4.69, 9.17) is 4.42 Å². The van der Waals surface area contributed by atoms with E-state index in [1.54, 1.807) is 48.5 Å². The molecule has 0 aliphatic carbocycles. The van der Waals surface area contributed by atoms with Crippen molar-refractivity contribution in [2.45, 2.75) is 6.54 Å². The van der Waals surface area contributed by atoms with Gasteiger partial charge in [-0.15, -0.1) is 0 Å². The van der Waals surface area contributed by atoms with Crippen molar-refractivity contribution in [2.24, 2.45) is 0 Å². The lowest BCUT2D eigenvalue weighted by Crippen LogP contribution is -2.42. The average molecular weight is 360 g/mol. The smallest absolute Gasteiger partial charge is 0.262 e. The summed E-state index contributed by atoms with van der Waals surface area (Å²) in [6.45, 7) is -0.124. The molecule has 0 saturated heterocycles. The highest BCUT2D eigenvalue weighted by Crippen LogP contribution is 2.24. The number of hydrogen-bond donors (Lipinski definition) is 0. The normalized spacial score (nSPS) is 13.0. The van der Waals surface area contributed by atoms with Gasteiger partial charge in [0.1, 0.15) is 12.3 Å². The molecule has 6 heteroatoms. The van der Waals surface area contributed by atoms with Crippen LogP contribution in [0, 0.1) is 0 Å². The van der Waals surface area contributed by atoms with Gasteiger partial charge in [-0.1, -0.05) is 30.3 Å². The first-order valence-corrected chi connectivity index (χ1v) is 8.48. The van der Waals surface area contributed by atoms with Crippen molar-refractivity contribution >= 4 is 23.4 Å². The number of nitrogens with zero attached hydrogens (tertiary/aromatic N) is 2.